The standard InChI is InChI=1S/C21H27N3O4/c25-19(22-8-9-23-10-12-28-13-11-23)15-6-7-17-18(14-15)21(27)24(20(17)26)16-4-2-1-3-5-16/h6-7,14,16H,1-5,8-13H2,(H,22,25). The second-order valence-corrected chi connectivity index (χ2v) is 7.74. The zero-order chi connectivity index (χ0) is 19.5. The van der Waals surface area contributed by atoms with Gasteiger partial charge in [0.2, 0.25) is 0 Å². The third-order valence-electron chi connectivity index (χ3n) is 5.94. The minimum Gasteiger partial charge on any atom is -0.379 e. The van der Waals surface area contributed by atoms with Crippen molar-refractivity contribution < 1.29 is 19.1 Å². The molecule has 2 aliphatic heterocycles. The van der Waals surface area contributed by atoms with Gasteiger partial charge in [0.25, 0.3) is 17.7 Å². The molecule has 3 aliphatic rings. The van der Waals surface area contributed by atoms with Crippen LogP contribution in [-0.4, -0.2) is 73.0 Å². The highest BCUT2D eigenvalue weighted by molar-refractivity contribution is 6.22. The van der Waals surface area contributed by atoms with Crippen LogP contribution < -0.4 is 5.32 Å². The number of hydrogen-bond donors (Lipinski definition) is 1. The minimum atomic E-state index is -0.255. The Kier molecular flexibility index (Phi) is 5.73. The summed E-state index contributed by atoms with van der Waals surface area (Å²) in [6.45, 7) is 4.52. The van der Waals surface area contributed by atoms with E-state index in [0.717, 1.165) is 65.0 Å². The molecule has 1 saturated heterocycles. The van der Waals surface area contributed by atoms with Gasteiger partial charge < -0.3 is 10.1 Å². The first-order valence-electron chi connectivity index (χ1n) is 10.3. The highest BCUT2D eigenvalue weighted by Gasteiger charge is 2.40. The first kappa shape index (κ1) is 19.1. The molecule has 1 aromatic carbocycles. The van der Waals surface area contributed by atoms with Crippen LogP contribution in [0, 0.1) is 0 Å². The van der Waals surface area contributed by atoms with Gasteiger partial charge in [-0.15, -0.1) is 0 Å². The number of hydrogen-bond acceptors (Lipinski definition) is 5. The number of fused-ring (bicyclic) bond motifs is 1. The van der Waals surface area contributed by atoms with Crippen LogP contribution in [0.3, 0.4) is 0 Å². The monoisotopic (exact) mass is 385 g/mol. The van der Waals surface area contributed by atoms with E-state index >= 15 is 0 Å². The molecule has 0 unspecified atom stereocenters. The van der Waals surface area contributed by atoms with E-state index in [0.29, 0.717) is 23.2 Å². The lowest BCUT2D eigenvalue weighted by molar-refractivity contribution is 0.0383. The van der Waals surface area contributed by atoms with Crippen molar-refractivity contribution in [2.24, 2.45) is 0 Å². The zero-order valence-corrected chi connectivity index (χ0v) is 16.1. The van der Waals surface area contributed by atoms with Crippen LogP contribution in [0.15, 0.2) is 18.2 Å². The Morgan fingerprint density at radius 2 is 1.75 bits per heavy atom. The maximum atomic E-state index is 12.9. The number of imide groups is 1. The summed E-state index contributed by atoms with van der Waals surface area (Å²) in [6.07, 6.45) is 5.01. The summed E-state index contributed by atoms with van der Waals surface area (Å²) in [6, 6.07) is 4.82. The highest BCUT2D eigenvalue weighted by Crippen LogP contribution is 2.31. The maximum absolute atomic E-state index is 12.9. The second kappa shape index (κ2) is 8.41. The Hall–Kier alpha value is -2.25. The van der Waals surface area contributed by atoms with Crippen molar-refractivity contribution in [1.29, 1.82) is 0 Å². The SMILES string of the molecule is O=C(NCCN1CCOCC1)c1ccc2c(c1)C(=O)N(C1CCCCC1)C2=O. The smallest absolute Gasteiger partial charge is 0.261 e. The van der Waals surface area contributed by atoms with E-state index < -0.39 is 0 Å². The molecule has 3 amide bonds. The summed E-state index contributed by atoms with van der Waals surface area (Å²) in [5, 5.41) is 2.91. The molecule has 0 radical (unpaired) electrons. The summed E-state index contributed by atoms with van der Waals surface area (Å²) in [7, 11) is 0. The Bertz CT molecular complexity index is 767. The van der Waals surface area contributed by atoms with E-state index in [-0.39, 0.29) is 23.8 Å². The van der Waals surface area contributed by atoms with E-state index in [2.05, 4.69) is 10.2 Å². The quantitative estimate of drug-likeness (QED) is 0.780. The average Bonchev–Trinajstić information content (AvgIpc) is 2.99. The van der Waals surface area contributed by atoms with Gasteiger partial charge in [0.1, 0.15) is 0 Å². The summed E-state index contributed by atoms with van der Waals surface area (Å²) >= 11 is 0. The second-order valence-electron chi connectivity index (χ2n) is 7.74. The molecule has 2 heterocycles. The van der Waals surface area contributed by atoms with Crippen LogP contribution >= 0.6 is 0 Å². The van der Waals surface area contributed by atoms with Crippen molar-refractivity contribution in [1.82, 2.24) is 15.1 Å². The van der Waals surface area contributed by atoms with Gasteiger partial charge in [-0.3, -0.25) is 24.2 Å². The first-order valence-corrected chi connectivity index (χ1v) is 10.3. The molecule has 1 aliphatic carbocycles. The fourth-order valence-electron chi connectivity index (χ4n) is 4.33. The fourth-order valence-corrected chi connectivity index (χ4v) is 4.33. The maximum Gasteiger partial charge on any atom is 0.261 e. The summed E-state index contributed by atoms with van der Waals surface area (Å²) in [5.74, 6) is -0.687. The van der Waals surface area contributed by atoms with Crippen LogP contribution in [0.2, 0.25) is 0 Å². The number of morpholine rings is 1. The molecule has 7 heteroatoms. The van der Waals surface area contributed by atoms with E-state index in [1.54, 1.807) is 18.2 Å². The number of benzene rings is 1. The molecule has 4 rings (SSSR count). The van der Waals surface area contributed by atoms with E-state index in [1.165, 1.54) is 4.90 Å². The predicted molar refractivity (Wildman–Crippen MR) is 103 cm³/mol. The summed E-state index contributed by atoms with van der Waals surface area (Å²) < 4.78 is 5.32. The third-order valence-corrected chi connectivity index (χ3v) is 5.94. The van der Waals surface area contributed by atoms with Gasteiger partial charge in [-0.05, 0) is 31.0 Å². The van der Waals surface area contributed by atoms with Crippen molar-refractivity contribution in [2.75, 3.05) is 39.4 Å². The molecular formula is C21H27N3O4. The highest BCUT2D eigenvalue weighted by atomic mass is 16.5. The lowest BCUT2D eigenvalue weighted by Gasteiger charge is -2.29. The zero-order valence-electron chi connectivity index (χ0n) is 16.1. The molecule has 2 fully saturated rings. The lowest BCUT2D eigenvalue weighted by atomic mass is 9.94. The average molecular weight is 385 g/mol. The molecule has 1 saturated carbocycles. The Labute approximate surface area is 165 Å². The Balaban J connectivity index is 1.40. The van der Waals surface area contributed by atoms with Gasteiger partial charge in [0.05, 0.1) is 24.3 Å². The Morgan fingerprint density at radius 3 is 2.50 bits per heavy atom. The molecule has 1 aromatic rings. The van der Waals surface area contributed by atoms with Gasteiger partial charge in [-0.2, -0.15) is 0 Å². The van der Waals surface area contributed by atoms with Gasteiger partial charge in [0.15, 0.2) is 0 Å². The third kappa shape index (κ3) is 3.82. The van der Waals surface area contributed by atoms with Crippen LogP contribution in [0.25, 0.3) is 0 Å². The van der Waals surface area contributed by atoms with Crippen LogP contribution in [0.5, 0.6) is 0 Å². The number of ether oxygens (including phenoxy) is 1. The predicted octanol–water partition coefficient (Wildman–Crippen LogP) is 1.68. The van der Waals surface area contributed by atoms with Crippen LogP contribution in [0.1, 0.15) is 63.2 Å². The summed E-state index contributed by atoms with van der Waals surface area (Å²) in [4.78, 5) is 41.7. The first-order chi connectivity index (χ1) is 13.6. The fraction of sp³-hybridized carbons (Fsp3) is 0.571. The van der Waals surface area contributed by atoms with Gasteiger partial charge >= 0.3 is 0 Å². The molecule has 28 heavy (non-hydrogen) atoms. The van der Waals surface area contributed by atoms with Gasteiger partial charge in [-0.25, -0.2) is 0 Å². The molecule has 7 nitrogen and oxygen atoms in total. The van der Waals surface area contributed by atoms with Crippen LogP contribution in [0.4, 0.5) is 0 Å². The topological polar surface area (TPSA) is 79.0 Å². The van der Waals surface area contributed by atoms with Crippen molar-refractivity contribution in [3.8, 4) is 0 Å². The van der Waals surface area contributed by atoms with Crippen molar-refractivity contribution in [2.45, 2.75) is 38.1 Å². The molecular weight excluding hydrogens is 358 g/mol. The normalized spacial score (nSPS) is 21.1. The van der Waals surface area contributed by atoms with Crippen LogP contribution in [-0.2, 0) is 4.74 Å². The van der Waals surface area contributed by atoms with Crippen molar-refractivity contribution in [3.05, 3.63) is 34.9 Å². The molecule has 150 valence electrons. The molecule has 0 aromatic heterocycles. The molecule has 0 atom stereocenters. The number of amides is 3. The number of rotatable bonds is 5. The van der Waals surface area contributed by atoms with Gasteiger partial charge in [-0.1, -0.05) is 19.3 Å². The number of carbonyl (C=O) groups is 3. The number of carbonyl (C=O) groups excluding carboxylic acids is 3. The number of nitrogens with zero attached hydrogens (tertiary/aromatic N) is 2. The van der Waals surface area contributed by atoms with E-state index in [9.17, 15) is 14.4 Å². The Morgan fingerprint density at radius 1 is 1.04 bits per heavy atom. The van der Waals surface area contributed by atoms with Crippen molar-refractivity contribution >= 4 is 17.7 Å². The largest absolute Gasteiger partial charge is 0.379 e. The van der Waals surface area contributed by atoms with E-state index in [4.69, 9.17) is 4.74 Å². The minimum absolute atomic E-state index is 0.00745. The van der Waals surface area contributed by atoms with Gasteiger partial charge in [0, 0.05) is 37.8 Å². The van der Waals surface area contributed by atoms with E-state index in [1.807, 2.05) is 0 Å². The molecule has 1 N–H and O–H groups in total. The lowest BCUT2D eigenvalue weighted by Crippen LogP contribution is -2.41. The van der Waals surface area contributed by atoms with Crippen molar-refractivity contribution in [3.63, 3.8) is 0 Å². The number of nitrogens with one attached hydrogen (secondary N) is 1. The summed E-state index contributed by atoms with van der Waals surface area (Å²) in [5.41, 5.74) is 1.20. The molecule has 0 bridgehead atoms. The molecule has 0 spiro atoms.